The van der Waals surface area contributed by atoms with Gasteiger partial charge in [-0.1, -0.05) is 29.3 Å². The molecule has 8 nitrogen and oxygen atoms in total. The van der Waals surface area contributed by atoms with Crippen LogP contribution >= 0.6 is 23.2 Å². The van der Waals surface area contributed by atoms with Gasteiger partial charge in [0.2, 0.25) is 0 Å². The Morgan fingerprint density at radius 3 is 2.78 bits per heavy atom. The number of hydrogen-bond donors (Lipinski definition) is 1. The fourth-order valence-electron chi connectivity index (χ4n) is 5.08. The number of benzene rings is 1. The molecule has 2 aliphatic rings. The van der Waals surface area contributed by atoms with Gasteiger partial charge in [0.1, 0.15) is 23.5 Å². The highest BCUT2D eigenvalue weighted by Gasteiger charge is 2.38. The first-order valence-corrected chi connectivity index (χ1v) is 13.1. The average Bonchev–Trinajstić information content (AvgIpc) is 3.26. The Hall–Kier alpha value is -2.88. The Morgan fingerprint density at radius 2 is 2.03 bits per heavy atom. The third-order valence-corrected chi connectivity index (χ3v) is 7.42. The number of aliphatic hydroxyl groups is 1. The number of nitrogens with zero attached hydrogens (tertiary/aromatic N) is 5. The second kappa shape index (κ2) is 10.8. The molecule has 0 saturated heterocycles. The Labute approximate surface area is 224 Å². The first kappa shape index (κ1) is 25.8. The maximum absolute atomic E-state index is 15.2. The zero-order valence-corrected chi connectivity index (χ0v) is 22.0. The summed E-state index contributed by atoms with van der Waals surface area (Å²) in [5.41, 5.74) is 2.16. The van der Waals surface area contributed by atoms with E-state index in [2.05, 4.69) is 9.55 Å². The summed E-state index contributed by atoms with van der Waals surface area (Å²) in [5.74, 6) is 1.07. The van der Waals surface area contributed by atoms with Crippen LogP contribution in [0.2, 0.25) is 10.2 Å². The van der Waals surface area contributed by atoms with E-state index in [0.717, 1.165) is 43.0 Å². The molecule has 3 aromatic rings. The van der Waals surface area contributed by atoms with E-state index in [1.807, 2.05) is 0 Å². The molecule has 37 heavy (non-hydrogen) atoms. The molecule has 0 bridgehead atoms. The number of amides is 1. The molecule has 1 unspecified atom stereocenters. The fraction of sp³-hybridized carbons (Fsp3) is 0.423. The van der Waals surface area contributed by atoms with Crippen molar-refractivity contribution >= 4 is 34.9 Å². The van der Waals surface area contributed by atoms with Crippen LogP contribution in [0.4, 0.5) is 10.2 Å². The van der Waals surface area contributed by atoms with Gasteiger partial charge in [-0.25, -0.2) is 14.4 Å². The quantitative estimate of drug-likeness (QED) is 0.449. The highest BCUT2D eigenvalue weighted by atomic mass is 35.5. The van der Waals surface area contributed by atoms with Gasteiger partial charge < -0.3 is 24.2 Å². The second-order valence-corrected chi connectivity index (χ2v) is 10.1. The van der Waals surface area contributed by atoms with E-state index in [0.29, 0.717) is 35.9 Å². The molecule has 0 radical (unpaired) electrons. The molecule has 11 heteroatoms. The first-order valence-electron chi connectivity index (χ1n) is 12.3. The lowest BCUT2D eigenvalue weighted by molar-refractivity contribution is -0.135. The van der Waals surface area contributed by atoms with Crippen molar-refractivity contribution < 1.29 is 19.0 Å². The number of likely N-dealkylation sites (N-methyl/N-ethyl adjacent to an activating group) is 1. The Balaban J connectivity index is 1.42. The summed E-state index contributed by atoms with van der Waals surface area (Å²) >= 11 is 12.3. The van der Waals surface area contributed by atoms with Gasteiger partial charge in [0.15, 0.2) is 17.5 Å². The smallest absolute Gasteiger partial charge is 0.261 e. The van der Waals surface area contributed by atoms with Crippen LogP contribution in [0.1, 0.15) is 41.7 Å². The van der Waals surface area contributed by atoms with Crippen LogP contribution in [0.3, 0.4) is 0 Å². The maximum atomic E-state index is 15.2. The van der Waals surface area contributed by atoms with E-state index in [9.17, 15) is 4.79 Å². The number of pyridine rings is 1. The number of fused-ring (bicyclic) bond motifs is 3. The standard InChI is InChI=1S/C26H28Cl2FN5O3/c1-32(12-13-35)21-8-7-20(26(28)31-21)37-15-23(36)34-11-9-19-25(33-10-3-2-4-22(33)30-19)24(34)17-6-5-16(27)14-18(17)29/h5-8,14,24,35H,2-4,9-13,15H2,1H3. The number of anilines is 1. The van der Waals surface area contributed by atoms with Crippen molar-refractivity contribution in [2.45, 2.75) is 38.3 Å². The SMILES string of the molecule is CN(CCO)c1ccc(OCC(=O)N2CCc3nc4n(c3C2c2ccc(Cl)cc2F)CCCC4)c(Cl)n1. The van der Waals surface area contributed by atoms with Crippen LogP contribution < -0.4 is 9.64 Å². The van der Waals surface area contributed by atoms with Gasteiger partial charge in [-0.15, -0.1) is 0 Å². The van der Waals surface area contributed by atoms with Gasteiger partial charge in [0, 0.05) is 50.1 Å². The first-order chi connectivity index (χ1) is 17.9. The molecule has 196 valence electrons. The molecule has 1 aromatic carbocycles. The molecule has 2 aliphatic heterocycles. The summed E-state index contributed by atoms with van der Waals surface area (Å²) in [5, 5.41) is 9.54. The molecule has 1 atom stereocenters. The summed E-state index contributed by atoms with van der Waals surface area (Å²) in [4.78, 5) is 26.1. The molecule has 1 N–H and O–H groups in total. The van der Waals surface area contributed by atoms with Gasteiger partial charge in [-0.3, -0.25) is 4.79 Å². The van der Waals surface area contributed by atoms with E-state index in [1.165, 1.54) is 6.07 Å². The number of aromatic nitrogens is 3. The molecule has 2 aromatic heterocycles. The molecule has 0 saturated carbocycles. The minimum Gasteiger partial charge on any atom is -0.481 e. The maximum Gasteiger partial charge on any atom is 0.261 e. The summed E-state index contributed by atoms with van der Waals surface area (Å²) in [6.45, 7) is 1.28. The van der Waals surface area contributed by atoms with Crippen LogP contribution in [0.25, 0.3) is 0 Å². The van der Waals surface area contributed by atoms with Gasteiger partial charge in [-0.05, 0) is 37.1 Å². The highest BCUT2D eigenvalue weighted by Crippen LogP contribution is 2.39. The summed E-state index contributed by atoms with van der Waals surface area (Å²) in [7, 11) is 1.79. The average molecular weight is 548 g/mol. The number of ether oxygens (including phenoxy) is 1. The van der Waals surface area contributed by atoms with Gasteiger partial charge in [0.05, 0.1) is 18.0 Å². The lowest BCUT2D eigenvalue weighted by Gasteiger charge is -2.37. The number of hydrogen-bond acceptors (Lipinski definition) is 6. The number of imidazole rings is 1. The van der Waals surface area contributed by atoms with Crippen molar-refractivity contribution in [3.63, 3.8) is 0 Å². The van der Waals surface area contributed by atoms with Crippen molar-refractivity contribution in [1.29, 1.82) is 0 Å². The summed E-state index contributed by atoms with van der Waals surface area (Å²) < 4.78 is 23.2. The Bertz CT molecular complexity index is 1320. The molecule has 5 rings (SSSR count). The molecule has 0 fully saturated rings. The monoisotopic (exact) mass is 547 g/mol. The number of carbonyl (C=O) groups excluding carboxylic acids is 1. The van der Waals surface area contributed by atoms with Crippen LogP contribution in [0.5, 0.6) is 5.75 Å². The third-order valence-electron chi connectivity index (χ3n) is 6.91. The fourth-order valence-corrected chi connectivity index (χ4v) is 5.44. The van der Waals surface area contributed by atoms with Crippen LogP contribution in [-0.4, -0.2) is 63.8 Å². The van der Waals surface area contributed by atoms with E-state index in [-0.39, 0.29) is 30.0 Å². The zero-order chi connectivity index (χ0) is 26.1. The number of halogens is 3. The summed E-state index contributed by atoms with van der Waals surface area (Å²) in [6.07, 6.45) is 3.53. The summed E-state index contributed by atoms with van der Waals surface area (Å²) in [6, 6.07) is 7.27. The Morgan fingerprint density at radius 1 is 1.19 bits per heavy atom. The second-order valence-electron chi connectivity index (χ2n) is 9.27. The van der Waals surface area contributed by atoms with Crippen LogP contribution in [-0.2, 0) is 24.2 Å². The van der Waals surface area contributed by atoms with Crippen molar-refractivity contribution in [3.05, 3.63) is 69.1 Å². The van der Waals surface area contributed by atoms with Crippen molar-refractivity contribution in [2.24, 2.45) is 0 Å². The topological polar surface area (TPSA) is 83.7 Å². The number of aryl methyl sites for hydroxylation is 1. The van der Waals surface area contributed by atoms with Crippen molar-refractivity contribution in [2.75, 3.05) is 38.3 Å². The number of carbonyl (C=O) groups is 1. The lowest BCUT2D eigenvalue weighted by atomic mass is 9.94. The van der Waals surface area contributed by atoms with E-state index >= 15 is 4.39 Å². The van der Waals surface area contributed by atoms with Crippen LogP contribution in [0, 0.1) is 5.82 Å². The minimum atomic E-state index is -0.639. The van der Waals surface area contributed by atoms with Crippen molar-refractivity contribution in [3.8, 4) is 5.75 Å². The minimum absolute atomic E-state index is 0.0180. The predicted octanol–water partition coefficient (Wildman–Crippen LogP) is 4.04. The Kier molecular flexibility index (Phi) is 7.55. The largest absolute Gasteiger partial charge is 0.481 e. The number of rotatable bonds is 7. The molecule has 1 amide bonds. The van der Waals surface area contributed by atoms with E-state index < -0.39 is 11.9 Å². The van der Waals surface area contributed by atoms with E-state index in [4.69, 9.17) is 38.0 Å². The highest BCUT2D eigenvalue weighted by molar-refractivity contribution is 6.31. The molecule has 4 heterocycles. The van der Waals surface area contributed by atoms with E-state index in [1.54, 1.807) is 41.1 Å². The van der Waals surface area contributed by atoms with Gasteiger partial charge in [-0.2, -0.15) is 0 Å². The molecular weight excluding hydrogens is 520 g/mol. The van der Waals surface area contributed by atoms with Crippen molar-refractivity contribution in [1.82, 2.24) is 19.4 Å². The lowest BCUT2D eigenvalue weighted by Crippen LogP contribution is -2.44. The van der Waals surface area contributed by atoms with Gasteiger partial charge in [0.25, 0.3) is 5.91 Å². The zero-order valence-electron chi connectivity index (χ0n) is 20.5. The third kappa shape index (κ3) is 5.12. The normalized spacial score (nSPS) is 16.8. The molecule has 0 spiro atoms. The number of aliphatic hydroxyl groups excluding tert-OH is 1. The predicted molar refractivity (Wildman–Crippen MR) is 139 cm³/mol. The molecular formula is C26H28Cl2FN5O3. The van der Waals surface area contributed by atoms with Gasteiger partial charge >= 0.3 is 0 Å². The van der Waals surface area contributed by atoms with Crippen LogP contribution in [0.15, 0.2) is 30.3 Å². The molecule has 0 aliphatic carbocycles.